The fourth-order valence-corrected chi connectivity index (χ4v) is 1.54. The van der Waals surface area contributed by atoms with E-state index in [1.807, 2.05) is 6.92 Å². The Hall–Kier alpha value is -1.78. The highest BCUT2D eigenvalue weighted by molar-refractivity contribution is 5.94. The van der Waals surface area contributed by atoms with Crippen molar-refractivity contribution in [1.29, 1.82) is 0 Å². The fraction of sp³-hybridized carbons (Fsp3) is 0.538. The molecule has 0 unspecified atom stereocenters. The summed E-state index contributed by atoms with van der Waals surface area (Å²) in [6, 6.07) is 2.30. The molecule has 0 bridgehead atoms. The first-order valence-electron chi connectivity index (χ1n) is 5.88. The Labute approximate surface area is 106 Å². The van der Waals surface area contributed by atoms with E-state index in [1.54, 1.807) is 32.9 Å². The number of carbonyl (C=O) groups excluding carboxylic acids is 1. The van der Waals surface area contributed by atoms with Crippen molar-refractivity contribution in [2.75, 3.05) is 0 Å². The summed E-state index contributed by atoms with van der Waals surface area (Å²) in [6.07, 6.45) is 0.689. The first-order chi connectivity index (χ1) is 8.25. The Morgan fingerprint density at radius 3 is 2.39 bits per heavy atom. The van der Waals surface area contributed by atoms with Gasteiger partial charge in [-0.2, -0.15) is 0 Å². The average molecular weight is 253 g/mol. The SMILES string of the molecule is CCc1ccc(C(=O)N[C@@H](C(=O)O)C(C)(C)C)o1. The normalized spacial score (nSPS) is 13.1. The summed E-state index contributed by atoms with van der Waals surface area (Å²) >= 11 is 0. The van der Waals surface area contributed by atoms with Crippen LogP contribution in [-0.4, -0.2) is 23.0 Å². The third-order valence-electron chi connectivity index (χ3n) is 2.62. The Morgan fingerprint density at radius 1 is 1.39 bits per heavy atom. The second-order valence-electron chi connectivity index (χ2n) is 5.23. The van der Waals surface area contributed by atoms with Gasteiger partial charge in [-0.1, -0.05) is 27.7 Å². The van der Waals surface area contributed by atoms with Crippen molar-refractivity contribution < 1.29 is 19.1 Å². The van der Waals surface area contributed by atoms with Crippen LogP contribution >= 0.6 is 0 Å². The first kappa shape index (κ1) is 14.3. The molecule has 0 spiro atoms. The number of hydrogen-bond donors (Lipinski definition) is 2. The highest BCUT2D eigenvalue weighted by Crippen LogP contribution is 2.20. The van der Waals surface area contributed by atoms with Crippen molar-refractivity contribution in [1.82, 2.24) is 5.32 Å². The van der Waals surface area contributed by atoms with Crippen LogP contribution < -0.4 is 5.32 Å². The van der Waals surface area contributed by atoms with E-state index in [-0.39, 0.29) is 5.76 Å². The molecule has 0 aromatic carbocycles. The zero-order valence-corrected chi connectivity index (χ0v) is 11.1. The number of aliphatic carboxylic acids is 1. The lowest BCUT2D eigenvalue weighted by Crippen LogP contribution is -2.49. The largest absolute Gasteiger partial charge is 0.480 e. The fourth-order valence-electron chi connectivity index (χ4n) is 1.54. The summed E-state index contributed by atoms with van der Waals surface area (Å²) in [5, 5.41) is 11.6. The molecule has 5 heteroatoms. The van der Waals surface area contributed by atoms with E-state index in [0.29, 0.717) is 12.2 Å². The molecule has 0 aliphatic rings. The van der Waals surface area contributed by atoms with Crippen molar-refractivity contribution in [3.63, 3.8) is 0 Å². The van der Waals surface area contributed by atoms with Crippen LogP contribution in [0.1, 0.15) is 44.0 Å². The number of carbonyl (C=O) groups is 2. The Morgan fingerprint density at radius 2 is 2.00 bits per heavy atom. The van der Waals surface area contributed by atoms with E-state index < -0.39 is 23.3 Å². The van der Waals surface area contributed by atoms with Crippen LogP contribution in [-0.2, 0) is 11.2 Å². The van der Waals surface area contributed by atoms with Crippen LogP contribution in [0.15, 0.2) is 16.5 Å². The number of hydrogen-bond acceptors (Lipinski definition) is 3. The van der Waals surface area contributed by atoms with Crippen LogP contribution in [0.5, 0.6) is 0 Å². The Bertz CT molecular complexity index is 442. The van der Waals surface area contributed by atoms with Crippen LogP contribution in [0.4, 0.5) is 0 Å². The molecule has 1 aromatic rings. The van der Waals surface area contributed by atoms with E-state index in [9.17, 15) is 9.59 Å². The molecule has 1 atom stereocenters. The van der Waals surface area contributed by atoms with E-state index >= 15 is 0 Å². The minimum atomic E-state index is -1.06. The molecule has 0 aliphatic carbocycles. The standard InChI is InChI=1S/C13H19NO4/c1-5-8-6-7-9(18-8)11(15)14-10(12(16)17)13(2,3)4/h6-7,10H,5H2,1-4H3,(H,14,15)(H,16,17)/t10-/m0/s1. The molecule has 2 N–H and O–H groups in total. The minimum absolute atomic E-state index is 0.141. The van der Waals surface area contributed by atoms with Gasteiger partial charge in [0.15, 0.2) is 5.76 Å². The van der Waals surface area contributed by atoms with Gasteiger partial charge < -0.3 is 14.8 Å². The molecule has 0 aliphatic heterocycles. The van der Waals surface area contributed by atoms with Crippen LogP contribution in [0.25, 0.3) is 0 Å². The summed E-state index contributed by atoms with van der Waals surface area (Å²) in [6.45, 7) is 7.18. The van der Waals surface area contributed by atoms with Gasteiger partial charge in [-0.25, -0.2) is 4.79 Å². The second-order valence-corrected chi connectivity index (χ2v) is 5.23. The van der Waals surface area contributed by atoms with Gasteiger partial charge in [-0.3, -0.25) is 4.79 Å². The van der Waals surface area contributed by atoms with Crippen LogP contribution in [0.3, 0.4) is 0 Å². The zero-order chi connectivity index (χ0) is 13.9. The summed E-state index contributed by atoms with van der Waals surface area (Å²) < 4.78 is 5.28. The molecule has 18 heavy (non-hydrogen) atoms. The number of rotatable bonds is 4. The predicted octanol–water partition coefficient (Wildman–Crippen LogP) is 2.07. The number of carboxylic acid groups (broad SMARTS) is 1. The first-order valence-corrected chi connectivity index (χ1v) is 5.88. The van der Waals surface area contributed by atoms with Crippen molar-refractivity contribution >= 4 is 11.9 Å². The third kappa shape index (κ3) is 3.35. The highest BCUT2D eigenvalue weighted by atomic mass is 16.4. The molecule has 1 rings (SSSR count). The molecule has 0 saturated heterocycles. The number of carboxylic acids is 1. The number of amides is 1. The van der Waals surface area contributed by atoms with Crippen molar-refractivity contribution in [3.8, 4) is 0 Å². The monoisotopic (exact) mass is 253 g/mol. The topological polar surface area (TPSA) is 79.5 Å². The van der Waals surface area contributed by atoms with E-state index in [4.69, 9.17) is 9.52 Å². The molecule has 5 nitrogen and oxygen atoms in total. The van der Waals surface area contributed by atoms with E-state index in [2.05, 4.69) is 5.32 Å². The minimum Gasteiger partial charge on any atom is -0.480 e. The van der Waals surface area contributed by atoms with E-state index in [0.717, 1.165) is 0 Å². The van der Waals surface area contributed by atoms with E-state index in [1.165, 1.54) is 0 Å². The van der Waals surface area contributed by atoms with Gasteiger partial charge in [0.1, 0.15) is 11.8 Å². The Kier molecular flexibility index (Phi) is 4.16. The molecule has 100 valence electrons. The third-order valence-corrected chi connectivity index (χ3v) is 2.62. The number of nitrogens with one attached hydrogen (secondary N) is 1. The van der Waals surface area contributed by atoms with Gasteiger partial charge in [0.2, 0.25) is 0 Å². The maximum absolute atomic E-state index is 11.9. The summed E-state index contributed by atoms with van der Waals surface area (Å²) in [7, 11) is 0. The van der Waals surface area contributed by atoms with Gasteiger partial charge in [-0.05, 0) is 17.5 Å². The molecular formula is C13H19NO4. The van der Waals surface area contributed by atoms with Crippen molar-refractivity contribution in [3.05, 3.63) is 23.7 Å². The average Bonchev–Trinajstić information content (AvgIpc) is 2.71. The maximum Gasteiger partial charge on any atom is 0.326 e. The maximum atomic E-state index is 11.9. The molecule has 1 heterocycles. The number of aryl methyl sites for hydroxylation is 1. The number of furan rings is 1. The summed E-state index contributed by atoms with van der Waals surface area (Å²) in [5.74, 6) is -0.722. The second kappa shape index (κ2) is 5.25. The zero-order valence-electron chi connectivity index (χ0n) is 11.1. The Balaban J connectivity index is 2.82. The smallest absolute Gasteiger partial charge is 0.326 e. The summed E-state index contributed by atoms with van der Waals surface area (Å²) in [4.78, 5) is 23.0. The molecule has 1 amide bonds. The summed E-state index contributed by atoms with van der Waals surface area (Å²) in [5.41, 5.74) is -0.568. The molecule has 0 fully saturated rings. The van der Waals surface area contributed by atoms with Gasteiger partial charge >= 0.3 is 5.97 Å². The van der Waals surface area contributed by atoms with Gasteiger partial charge in [0.25, 0.3) is 5.91 Å². The lowest BCUT2D eigenvalue weighted by atomic mass is 9.87. The van der Waals surface area contributed by atoms with Crippen molar-refractivity contribution in [2.45, 2.75) is 40.2 Å². The van der Waals surface area contributed by atoms with Crippen LogP contribution in [0, 0.1) is 5.41 Å². The van der Waals surface area contributed by atoms with Crippen LogP contribution in [0.2, 0.25) is 0 Å². The molecule has 0 saturated carbocycles. The predicted molar refractivity (Wildman–Crippen MR) is 66.4 cm³/mol. The van der Waals surface area contributed by atoms with Gasteiger partial charge in [-0.15, -0.1) is 0 Å². The lowest BCUT2D eigenvalue weighted by molar-refractivity contribution is -0.142. The quantitative estimate of drug-likeness (QED) is 0.860. The highest BCUT2D eigenvalue weighted by Gasteiger charge is 2.33. The van der Waals surface area contributed by atoms with Crippen molar-refractivity contribution in [2.24, 2.45) is 5.41 Å². The molecule has 1 aromatic heterocycles. The van der Waals surface area contributed by atoms with Gasteiger partial charge in [0.05, 0.1) is 0 Å². The van der Waals surface area contributed by atoms with Gasteiger partial charge in [0, 0.05) is 6.42 Å². The lowest BCUT2D eigenvalue weighted by Gasteiger charge is -2.27. The molecular weight excluding hydrogens is 234 g/mol. The molecule has 0 radical (unpaired) electrons.